The molecule has 1 nitrogen and oxygen atoms in total. The first-order valence-corrected chi connectivity index (χ1v) is 9.63. The normalized spacial score (nSPS) is 11.2. The fourth-order valence-corrected chi connectivity index (χ4v) is 4.11. The van der Waals surface area contributed by atoms with Gasteiger partial charge in [-0.15, -0.1) is 0 Å². The SMILES string of the molecule is [B]B(c1ccccc1)c1ccc2c3ccccc3n(-c3ccccc3C)c2c1. The summed E-state index contributed by atoms with van der Waals surface area (Å²) in [6, 6.07) is 34.0. The Morgan fingerprint density at radius 1 is 0.643 bits per heavy atom. The van der Waals surface area contributed by atoms with Gasteiger partial charge in [0.05, 0.1) is 11.0 Å². The lowest BCUT2D eigenvalue weighted by molar-refractivity contribution is 1.15. The van der Waals surface area contributed by atoms with Crippen LogP contribution < -0.4 is 10.9 Å². The van der Waals surface area contributed by atoms with E-state index >= 15 is 0 Å². The molecule has 0 aliphatic rings. The van der Waals surface area contributed by atoms with Crippen molar-refractivity contribution in [2.24, 2.45) is 0 Å². The highest BCUT2D eigenvalue weighted by atomic mass is 15.0. The molecule has 3 heteroatoms. The van der Waals surface area contributed by atoms with E-state index in [0.717, 1.165) is 10.9 Å². The van der Waals surface area contributed by atoms with E-state index in [9.17, 15) is 0 Å². The molecule has 5 aromatic rings. The Kier molecular flexibility index (Phi) is 4.09. The van der Waals surface area contributed by atoms with Crippen LogP contribution >= 0.6 is 0 Å². The van der Waals surface area contributed by atoms with Gasteiger partial charge in [0.1, 0.15) is 0 Å². The number of nitrogens with zero attached hydrogens (tertiary/aromatic N) is 1. The number of para-hydroxylation sites is 2. The number of aryl methyl sites for hydroxylation is 1. The Bertz CT molecular complexity index is 1290. The first kappa shape index (κ1) is 16.9. The van der Waals surface area contributed by atoms with Crippen LogP contribution in [-0.4, -0.2) is 18.9 Å². The van der Waals surface area contributed by atoms with Crippen LogP contribution in [0.15, 0.2) is 97.1 Å². The van der Waals surface area contributed by atoms with Crippen LogP contribution in [0.5, 0.6) is 0 Å². The quantitative estimate of drug-likeness (QED) is 0.424. The van der Waals surface area contributed by atoms with Crippen molar-refractivity contribution in [2.75, 3.05) is 0 Å². The van der Waals surface area contributed by atoms with E-state index < -0.39 is 0 Å². The van der Waals surface area contributed by atoms with Gasteiger partial charge in [-0.3, -0.25) is 0 Å². The molecule has 0 unspecified atom stereocenters. The number of benzene rings is 4. The molecule has 0 bridgehead atoms. The second-order valence-corrected chi connectivity index (χ2v) is 7.30. The number of hydrogen-bond acceptors (Lipinski definition) is 0. The highest BCUT2D eigenvalue weighted by molar-refractivity contribution is 7.18. The van der Waals surface area contributed by atoms with Gasteiger partial charge in [0.2, 0.25) is 0 Å². The van der Waals surface area contributed by atoms with Gasteiger partial charge < -0.3 is 4.57 Å². The van der Waals surface area contributed by atoms with Crippen molar-refractivity contribution < 1.29 is 0 Å². The zero-order chi connectivity index (χ0) is 19.1. The smallest absolute Gasteiger partial charge is 0.161 e. The maximum atomic E-state index is 6.61. The Balaban J connectivity index is 1.80. The Hall–Kier alpha value is -3.19. The van der Waals surface area contributed by atoms with Crippen LogP contribution in [-0.2, 0) is 0 Å². The van der Waals surface area contributed by atoms with Gasteiger partial charge >= 0.3 is 0 Å². The highest BCUT2D eigenvalue weighted by Gasteiger charge is 2.17. The minimum Gasteiger partial charge on any atom is -0.309 e. The molecule has 0 spiro atoms. The van der Waals surface area contributed by atoms with E-state index in [2.05, 4.69) is 90.4 Å². The van der Waals surface area contributed by atoms with Crippen molar-refractivity contribution >= 4 is 47.1 Å². The number of rotatable bonds is 3. The van der Waals surface area contributed by atoms with Gasteiger partial charge in [-0.1, -0.05) is 89.8 Å². The number of fused-ring (bicyclic) bond motifs is 3. The molecule has 0 saturated heterocycles. The van der Waals surface area contributed by atoms with Crippen molar-refractivity contribution in [3.8, 4) is 5.69 Å². The minimum atomic E-state index is -0.145. The molecule has 0 atom stereocenters. The molecule has 1 heterocycles. The second kappa shape index (κ2) is 6.76. The second-order valence-electron chi connectivity index (χ2n) is 7.30. The molecule has 0 saturated carbocycles. The van der Waals surface area contributed by atoms with Crippen LogP contribution in [0.4, 0.5) is 0 Å². The van der Waals surface area contributed by atoms with Gasteiger partial charge in [-0.05, 0) is 30.7 Å². The third kappa shape index (κ3) is 2.66. The summed E-state index contributed by atoms with van der Waals surface area (Å²) < 4.78 is 2.36. The lowest BCUT2D eigenvalue weighted by atomic mass is 9.26. The third-order valence-corrected chi connectivity index (χ3v) is 5.57. The van der Waals surface area contributed by atoms with E-state index in [4.69, 9.17) is 7.74 Å². The molecule has 1 aromatic heterocycles. The predicted octanol–water partition coefficient (Wildman–Crippen LogP) is 4.37. The molecule has 0 aliphatic heterocycles. The maximum Gasteiger partial charge on any atom is 0.161 e. The zero-order valence-corrected chi connectivity index (χ0v) is 15.8. The summed E-state index contributed by atoms with van der Waals surface area (Å²) in [6.07, 6.45) is 0. The van der Waals surface area contributed by atoms with Gasteiger partial charge in [-0.2, -0.15) is 0 Å². The van der Waals surface area contributed by atoms with E-state index in [1.165, 1.54) is 33.1 Å². The van der Waals surface area contributed by atoms with Crippen LogP contribution in [0.1, 0.15) is 5.56 Å². The van der Waals surface area contributed by atoms with Crippen molar-refractivity contribution in [1.82, 2.24) is 4.57 Å². The van der Waals surface area contributed by atoms with E-state index in [-0.39, 0.29) is 6.60 Å². The topological polar surface area (TPSA) is 4.93 Å². The largest absolute Gasteiger partial charge is 0.309 e. The Labute approximate surface area is 167 Å². The van der Waals surface area contributed by atoms with Crippen LogP contribution in [0.25, 0.3) is 27.5 Å². The van der Waals surface area contributed by atoms with E-state index in [1.807, 2.05) is 18.2 Å². The number of hydrogen-bond donors (Lipinski definition) is 0. The van der Waals surface area contributed by atoms with Gasteiger partial charge in [0.25, 0.3) is 0 Å². The van der Waals surface area contributed by atoms with Crippen molar-refractivity contribution in [3.05, 3.63) is 103 Å². The highest BCUT2D eigenvalue weighted by Crippen LogP contribution is 2.32. The van der Waals surface area contributed by atoms with Crippen LogP contribution in [0.2, 0.25) is 0 Å². The molecular formula is C25H19B2N. The lowest BCUT2D eigenvalue weighted by Crippen LogP contribution is -2.42. The first-order valence-electron chi connectivity index (χ1n) is 9.63. The Morgan fingerprint density at radius 3 is 2.14 bits per heavy atom. The average molecular weight is 355 g/mol. The molecule has 4 aromatic carbocycles. The summed E-state index contributed by atoms with van der Waals surface area (Å²) in [6.45, 7) is 2.02. The zero-order valence-electron chi connectivity index (χ0n) is 15.8. The number of aromatic nitrogens is 1. The molecule has 28 heavy (non-hydrogen) atoms. The fraction of sp³-hybridized carbons (Fsp3) is 0.0400. The summed E-state index contributed by atoms with van der Waals surface area (Å²) in [5.74, 6) is 0. The molecule has 2 radical (unpaired) electrons. The van der Waals surface area contributed by atoms with Crippen LogP contribution in [0, 0.1) is 6.92 Å². The molecular weight excluding hydrogens is 336 g/mol. The summed E-state index contributed by atoms with van der Waals surface area (Å²) >= 11 is 0. The summed E-state index contributed by atoms with van der Waals surface area (Å²) in [7, 11) is 6.61. The molecule has 0 fully saturated rings. The maximum absolute atomic E-state index is 6.61. The van der Waals surface area contributed by atoms with E-state index in [0.29, 0.717) is 0 Å². The van der Waals surface area contributed by atoms with Gasteiger partial charge in [0, 0.05) is 24.2 Å². The van der Waals surface area contributed by atoms with Crippen molar-refractivity contribution in [1.29, 1.82) is 0 Å². The molecule has 130 valence electrons. The minimum absolute atomic E-state index is 0.145. The summed E-state index contributed by atoms with van der Waals surface area (Å²) in [5, 5.41) is 2.52. The van der Waals surface area contributed by atoms with Crippen molar-refractivity contribution in [3.63, 3.8) is 0 Å². The fourth-order valence-electron chi connectivity index (χ4n) is 4.11. The van der Waals surface area contributed by atoms with Crippen LogP contribution in [0.3, 0.4) is 0 Å². The molecule has 5 rings (SSSR count). The van der Waals surface area contributed by atoms with Gasteiger partial charge in [-0.25, -0.2) is 0 Å². The first-order chi connectivity index (χ1) is 13.7. The average Bonchev–Trinajstić information content (AvgIpc) is 3.08. The summed E-state index contributed by atoms with van der Waals surface area (Å²) in [5.41, 5.74) is 7.12. The Morgan fingerprint density at radius 2 is 1.32 bits per heavy atom. The predicted molar refractivity (Wildman–Crippen MR) is 123 cm³/mol. The third-order valence-electron chi connectivity index (χ3n) is 5.57. The van der Waals surface area contributed by atoms with Crippen molar-refractivity contribution in [2.45, 2.75) is 6.92 Å². The molecule has 0 amide bonds. The molecule has 0 aliphatic carbocycles. The van der Waals surface area contributed by atoms with E-state index in [1.54, 1.807) is 0 Å². The lowest BCUT2D eigenvalue weighted by Gasteiger charge is -2.13. The summed E-state index contributed by atoms with van der Waals surface area (Å²) in [4.78, 5) is 0. The monoisotopic (exact) mass is 355 g/mol. The standard InChI is InChI=1S/C25H19B2N/c1-18-9-5-7-13-23(18)28-24-14-8-6-12-21(24)22-16-15-20(17-25(22)28)27(26)19-10-3-2-4-11-19/h2-17H,1H3. The van der Waals surface area contributed by atoms with Gasteiger partial charge in [0.15, 0.2) is 6.60 Å². The molecule has 0 N–H and O–H groups in total.